The number of imide groups is 1. The lowest BCUT2D eigenvalue weighted by Crippen LogP contribution is -2.42. The van der Waals surface area contributed by atoms with Gasteiger partial charge in [-0.1, -0.05) is 34.1 Å². The van der Waals surface area contributed by atoms with Gasteiger partial charge in [0.15, 0.2) is 0 Å². The average Bonchev–Trinajstić information content (AvgIpc) is 3.13. The Morgan fingerprint density at radius 1 is 1.30 bits per heavy atom. The molecule has 2 aliphatic heterocycles. The zero-order valence-electron chi connectivity index (χ0n) is 12.6. The number of carbonyl (C=O) groups excluding carboxylic acids is 3. The molecule has 2 aliphatic rings. The Morgan fingerprint density at radius 2 is 2.09 bits per heavy atom. The van der Waals surface area contributed by atoms with Gasteiger partial charge in [-0.25, -0.2) is 4.79 Å². The lowest BCUT2D eigenvalue weighted by Gasteiger charge is -2.21. The average molecular weight is 380 g/mol. The molecule has 0 aromatic heterocycles. The summed E-state index contributed by atoms with van der Waals surface area (Å²) in [6.45, 7) is 1.09. The van der Waals surface area contributed by atoms with Crippen molar-refractivity contribution in [3.63, 3.8) is 0 Å². The van der Waals surface area contributed by atoms with Crippen molar-refractivity contribution in [1.82, 2.24) is 15.1 Å². The van der Waals surface area contributed by atoms with Gasteiger partial charge in [-0.05, 0) is 24.5 Å². The van der Waals surface area contributed by atoms with E-state index in [1.807, 2.05) is 24.3 Å². The van der Waals surface area contributed by atoms with Gasteiger partial charge in [0.1, 0.15) is 0 Å². The van der Waals surface area contributed by atoms with E-state index < -0.39 is 0 Å². The Balaban J connectivity index is 1.54. The maximum absolute atomic E-state index is 12.4. The number of aryl methyl sites for hydroxylation is 1. The highest BCUT2D eigenvalue weighted by Gasteiger charge is 2.39. The lowest BCUT2D eigenvalue weighted by molar-refractivity contribution is -0.131. The van der Waals surface area contributed by atoms with E-state index in [4.69, 9.17) is 0 Å². The zero-order valence-corrected chi connectivity index (χ0v) is 14.2. The third-order valence-electron chi connectivity index (χ3n) is 4.33. The molecule has 23 heavy (non-hydrogen) atoms. The molecule has 1 atom stereocenters. The van der Waals surface area contributed by atoms with Crippen molar-refractivity contribution in [3.8, 4) is 0 Å². The summed E-state index contributed by atoms with van der Waals surface area (Å²) in [6.07, 6.45) is 1.75. The van der Waals surface area contributed by atoms with E-state index in [-0.39, 0.29) is 30.4 Å². The summed E-state index contributed by atoms with van der Waals surface area (Å²) in [4.78, 5) is 38.8. The second kappa shape index (κ2) is 6.70. The van der Waals surface area contributed by atoms with Crippen molar-refractivity contribution < 1.29 is 14.4 Å². The molecule has 2 fully saturated rings. The smallest absolute Gasteiger partial charge is 0.324 e. The number of hydrogen-bond acceptors (Lipinski definition) is 3. The Hall–Kier alpha value is -1.89. The third kappa shape index (κ3) is 3.39. The number of nitrogens with zero attached hydrogens (tertiary/aromatic N) is 2. The van der Waals surface area contributed by atoms with E-state index in [1.165, 1.54) is 4.90 Å². The molecule has 0 spiro atoms. The van der Waals surface area contributed by atoms with E-state index in [9.17, 15) is 14.4 Å². The van der Waals surface area contributed by atoms with Crippen molar-refractivity contribution in [2.45, 2.75) is 25.3 Å². The second-order valence-corrected chi connectivity index (χ2v) is 6.65. The SMILES string of the molecule is O=C(CCc1ccccc1Br)N1CC[C@@H](N2C(=O)CNC2=O)C1. The van der Waals surface area contributed by atoms with Crippen LogP contribution in [-0.2, 0) is 16.0 Å². The van der Waals surface area contributed by atoms with Crippen LogP contribution in [0, 0.1) is 0 Å². The van der Waals surface area contributed by atoms with Crippen LogP contribution >= 0.6 is 15.9 Å². The second-order valence-electron chi connectivity index (χ2n) is 5.80. The summed E-state index contributed by atoms with van der Waals surface area (Å²) in [6, 6.07) is 7.31. The van der Waals surface area contributed by atoms with E-state index in [1.54, 1.807) is 4.90 Å². The van der Waals surface area contributed by atoms with Gasteiger partial charge in [-0.15, -0.1) is 0 Å². The molecule has 122 valence electrons. The number of carbonyl (C=O) groups is 3. The zero-order chi connectivity index (χ0) is 16.4. The highest BCUT2D eigenvalue weighted by molar-refractivity contribution is 9.10. The Bertz CT molecular complexity index is 633. The van der Waals surface area contributed by atoms with Crippen molar-refractivity contribution in [2.75, 3.05) is 19.6 Å². The molecule has 0 bridgehead atoms. The molecular weight excluding hydrogens is 362 g/mol. The van der Waals surface area contributed by atoms with Gasteiger partial charge in [0.2, 0.25) is 11.8 Å². The fourth-order valence-electron chi connectivity index (χ4n) is 3.08. The van der Waals surface area contributed by atoms with Crippen molar-refractivity contribution >= 4 is 33.8 Å². The molecule has 1 N–H and O–H groups in total. The van der Waals surface area contributed by atoms with Crippen LogP contribution in [0.5, 0.6) is 0 Å². The van der Waals surface area contributed by atoms with Crippen LogP contribution in [0.25, 0.3) is 0 Å². The molecule has 3 rings (SSSR count). The predicted octanol–water partition coefficient (Wildman–Crippen LogP) is 1.53. The molecule has 2 saturated heterocycles. The number of benzene rings is 1. The first-order valence-electron chi connectivity index (χ1n) is 7.67. The van der Waals surface area contributed by atoms with E-state index in [2.05, 4.69) is 21.2 Å². The number of likely N-dealkylation sites (tertiary alicyclic amines) is 1. The molecule has 1 aromatic rings. The largest absolute Gasteiger partial charge is 0.341 e. The molecule has 0 aliphatic carbocycles. The highest BCUT2D eigenvalue weighted by atomic mass is 79.9. The van der Waals surface area contributed by atoms with Crippen molar-refractivity contribution in [2.24, 2.45) is 0 Å². The molecule has 0 saturated carbocycles. The van der Waals surface area contributed by atoms with Gasteiger partial charge in [-0.2, -0.15) is 0 Å². The summed E-state index contributed by atoms with van der Waals surface area (Å²) in [5.74, 6) is -0.141. The van der Waals surface area contributed by atoms with Gasteiger partial charge in [0.05, 0.1) is 12.6 Å². The molecule has 2 heterocycles. The van der Waals surface area contributed by atoms with Gasteiger partial charge in [-0.3, -0.25) is 14.5 Å². The normalized spacial score (nSPS) is 21.0. The predicted molar refractivity (Wildman–Crippen MR) is 87.7 cm³/mol. The maximum atomic E-state index is 12.4. The highest BCUT2D eigenvalue weighted by Crippen LogP contribution is 2.21. The van der Waals surface area contributed by atoms with Crippen LogP contribution in [0.2, 0.25) is 0 Å². The van der Waals surface area contributed by atoms with Crippen LogP contribution in [-0.4, -0.2) is 53.3 Å². The van der Waals surface area contributed by atoms with Crippen LogP contribution in [0.15, 0.2) is 28.7 Å². The molecule has 6 nitrogen and oxygen atoms in total. The summed E-state index contributed by atoms with van der Waals surface area (Å²) >= 11 is 3.48. The fourth-order valence-corrected chi connectivity index (χ4v) is 3.57. The molecule has 0 radical (unpaired) electrons. The number of amides is 4. The summed E-state index contributed by atoms with van der Waals surface area (Å²) in [5.41, 5.74) is 1.10. The minimum atomic E-state index is -0.345. The van der Waals surface area contributed by atoms with E-state index >= 15 is 0 Å². The van der Waals surface area contributed by atoms with E-state index in [0.29, 0.717) is 32.4 Å². The number of halogens is 1. The minimum absolute atomic E-state index is 0.0608. The standard InChI is InChI=1S/C16H18BrN3O3/c17-13-4-2-1-3-11(13)5-6-14(21)19-8-7-12(10-19)20-15(22)9-18-16(20)23/h1-4,12H,5-10H2,(H,18,23)/t12-/m1/s1. The van der Waals surface area contributed by atoms with Gasteiger partial charge < -0.3 is 10.2 Å². The molecular formula is C16H18BrN3O3. The number of hydrogen-bond donors (Lipinski definition) is 1. The quantitative estimate of drug-likeness (QED) is 0.806. The Kier molecular flexibility index (Phi) is 4.66. The number of rotatable bonds is 4. The summed E-state index contributed by atoms with van der Waals surface area (Å²) < 4.78 is 1.01. The van der Waals surface area contributed by atoms with Crippen LogP contribution < -0.4 is 5.32 Å². The van der Waals surface area contributed by atoms with Crippen molar-refractivity contribution in [1.29, 1.82) is 0 Å². The Labute approximate surface area is 142 Å². The molecule has 1 aromatic carbocycles. The van der Waals surface area contributed by atoms with Gasteiger partial charge in [0.25, 0.3) is 0 Å². The minimum Gasteiger partial charge on any atom is -0.341 e. The summed E-state index contributed by atoms with van der Waals surface area (Å²) in [7, 11) is 0. The van der Waals surface area contributed by atoms with E-state index in [0.717, 1.165) is 10.0 Å². The van der Waals surface area contributed by atoms with Crippen LogP contribution in [0.3, 0.4) is 0 Å². The summed E-state index contributed by atoms with van der Waals surface area (Å²) in [5, 5.41) is 2.52. The van der Waals surface area contributed by atoms with Crippen molar-refractivity contribution in [3.05, 3.63) is 34.3 Å². The third-order valence-corrected chi connectivity index (χ3v) is 5.10. The van der Waals surface area contributed by atoms with Crippen LogP contribution in [0.1, 0.15) is 18.4 Å². The first-order chi connectivity index (χ1) is 11.1. The monoisotopic (exact) mass is 379 g/mol. The molecule has 0 unspecified atom stereocenters. The lowest BCUT2D eigenvalue weighted by atomic mass is 10.1. The number of urea groups is 1. The van der Waals surface area contributed by atoms with Gasteiger partial charge in [0, 0.05) is 24.0 Å². The van der Waals surface area contributed by atoms with Crippen LogP contribution in [0.4, 0.5) is 4.79 Å². The first kappa shape index (κ1) is 16.0. The fraction of sp³-hybridized carbons (Fsp3) is 0.438. The number of nitrogens with one attached hydrogen (secondary N) is 1. The maximum Gasteiger partial charge on any atom is 0.324 e. The topological polar surface area (TPSA) is 69.7 Å². The Morgan fingerprint density at radius 3 is 2.78 bits per heavy atom. The molecule has 4 amide bonds. The first-order valence-corrected chi connectivity index (χ1v) is 8.46. The van der Waals surface area contributed by atoms with Gasteiger partial charge >= 0.3 is 6.03 Å². The molecule has 7 heteroatoms.